The lowest BCUT2D eigenvalue weighted by atomic mass is 10.1. The lowest BCUT2D eigenvalue weighted by molar-refractivity contribution is 0.238. The van der Waals surface area contributed by atoms with Crippen LogP contribution >= 0.6 is 0 Å². The maximum absolute atomic E-state index is 9.22. The van der Waals surface area contributed by atoms with E-state index in [2.05, 4.69) is 9.88 Å². The van der Waals surface area contributed by atoms with Gasteiger partial charge < -0.3 is 15.7 Å². The highest BCUT2D eigenvalue weighted by atomic mass is 16.3. The molecule has 1 unspecified atom stereocenters. The molecule has 0 bridgehead atoms. The fourth-order valence-electron chi connectivity index (χ4n) is 2.55. The van der Waals surface area contributed by atoms with E-state index in [1.807, 2.05) is 6.92 Å². The Labute approximate surface area is 107 Å². The Hall–Kier alpha value is -1.36. The van der Waals surface area contributed by atoms with Gasteiger partial charge in [0.1, 0.15) is 17.5 Å². The van der Waals surface area contributed by atoms with Crippen molar-refractivity contribution in [1.29, 1.82) is 0 Å². The van der Waals surface area contributed by atoms with Crippen LogP contribution in [-0.4, -0.2) is 34.8 Å². The van der Waals surface area contributed by atoms with E-state index in [1.54, 1.807) is 0 Å². The predicted octanol–water partition coefficient (Wildman–Crippen LogP) is 1.06. The highest BCUT2D eigenvalue weighted by molar-refractivity contribution is 5.57. The van der Waals surface area contributed by atoms with Gasteiger partial charge in [0, 0.05) is 37.1 Å². The van der Waals surface area contributed by atoms with E-state index >= 15 is 0 Å². The molecule has 1 atom stereocenters. The number of hydrogen-bond donors (Lipinski definition) is 2. The molecule has 0 amide bonds. The lowest BCUT2D eigenvalue weighted by Crippen LogP contribution is -2.24. The van der Waals surface area contributed by atoms with E-state index in [9.17, 15) is 5.11 Å². The number of rotatable bonds is 3. The van der Waals surface area contributed by atoms with Crippen LogP contribution in [0.1, 0.15) is 36.6 Å². The van der Waals surface area contributed by atoms with Gasteiger partial charge in [0.05, 0.1) is 0 Å². The Kier molecular flexibility index (Phi) is 2.86. The van der Waals surface area contributed by atoms with Crippen LogP contribution in [0.3, 0.4) is 0 Å². The maximum Gasteiger partial charge on any atom is 0.137 e. The third-order valence-corrected chi connectivity index (χ3v) is 3.96. The minimum Gasteiger partial charge on any atom is -0.396 e. The first-order valence-corrected chi connectivity index (χ1v) is 6.69. The van der Waals surface area contributed by atoms with E-state index in [1.165, 1.54) is 12.8 Å². The molecule has 1 saturated carbocycles. The van der Waals surface area contributed by atoms with Crippen molar-refractivity contribution in [2.45, 2.75) is 32.1 Å². The van der Waals surface area contributed by atoms with Crippen molar-refractivity contribution >= 4 is 11.6 Å². The number of anilines is 2. The molecule has 1 aromatic heterocycles. The fraction of sp³-hybridized carbons (Fsp3) is 0.692. The molecular formula is C13H20N4O. The molecule has 98 valence electrons. The molecule has 3 rings (SSSR count). The van der Waals surface area contributed by atoms with Gasteiger partial charge in [0.25, 0.3) is 0 Å². The SMILES string of the molecule is Cc1c(N)nc(C2CC2)nc1N1CCC(CO)C1. The minimum absolute atomic E-state index is 0.256. The molecule has 0 radical (unpaired) electrons. The first-order chi connectivity index (χ1) is 8.69. The summed E-state index contributed by atoms with van der Waals surface area (Å²) in [5.74, 6) is 3.36. The molecule has 18 heavy (non-hydrogen) atoms. The summed E-state index contributed by atoms with van der Waals surface area (Å²) >= 11 is 0. The number of nitrogens with zero attached hydrogens (tertiary/aromatic N) is 3. The molecule has 0 aromatic carbocycles. The first kappa shape index (κ1) is 11.7. The molecule has 0 spiro atoms. The number of nitrogens with two attached hydrogens (primary N) is 1. The van der Waals surface area contributed by atoms with Crippen molar-refractivity contribution in [2.75, 3.05) is 30.3 Å². The predicted molar refractivity (Wildman–Crippen MR) is 70.6 cm³/mol. The van der Waals surface area contributed by atoms with Crippen molar-refractivity contribution in [2.24, 2.45) is 5.92 Å². The molecule has 5 heteroatoms. The Morgan fingerprint density at radius 1 is 1.33 bits per heavy atom. The van der Waals surface area contributed by atoms with E-state index in [4.69, 9.17) is 10.7 Å². The van der Waals surface area contributed by atoms with Crippen molar-refractivity contribution in [1.82, 2.24) is 9.97 Å². The number of hydrogen-bond acceptors (Lipinski definition) is 5. The molecule has 2 aliphatic rings. The standard InChI is InChI=1S/C13H20N4O/c1-8-11(14)15-12(10-2-3-10)16-13(8)17-5-4-9(6-17)7-18/h9-10,18H,2-7H2,1H3,(H2,14,15,16). The summed E-state index contributed by atoms with van der Waals surface area (Å²) < 4.78 is 0. The monoisotopic (exact) mass is 248 g/mol. The number of aliphatic hydroxyl groups excluding tert-OH is 1. The molecule has 1 saturated heterocycles. The van der Waals surface area contributed by atoms with Crippen molar-refractivity contribution in [3.8, 4) is 0 Å². The topological polar surface area (TPSA) is 75.3 Å². The van der Waals surface area contributed by atoms with Crippen LogP contribution < -0.4 is 10.6 Å². The summed E-state index contributed by atoms with van der Waals surface area (Å²) in [7, 11) is 0. The third-order valence-electron chi connectivity index (χ3n) is 3.96. The van der Waals surface area contributed by atoms with Gasteiger partial charge in [-0.1, -0.05) is 0 Å². The lowest BCUT2D eigenvalue weighted by Gasteiger charge is -2.21. The van der Waals surface area contributed by atoms with Gasteiger partial charge in [-0.3, -0.25) is 0 Å². The van der Waals surface area contributed by atoms with Gasteiger partial charge in [-0.2, -0.15) is 0 Å². The third kappa shape index (κ3) is 2.03. The second-order valence-electron chi connectivity index (χ2n) is 5.47. The van der Waals surface area contributed by atoms with Gasteiger partial charge >= 0.3 is 0 Å². The van der Waals surface area contributed by atoms with Gasteiger partial charge in [0.2, 0.25) is 0 Å². The second-order valence-corrected chi connectivity index (χ2v) is 5.47. The number of aromatic nitrogens is 2. The van der Waals surface area contributed by atoms with Crippen LogP contribution in [0.25, 0.3) is 0 Å². The van der Waals surface area contributed by atoms with Crippen LogP contribution in [0.4, 0.5) is 11.6 Å². The fourth-order valence-corrected chi connectivity index (χ4v) is 2.55. The zero-order chi connectivity index (χ0) is 12.7. The first-order valence-electron chi connectivity index (χ1n) is 6.69. The average molecular weight is 248 g/mol. The number of nitrogen functional groups attached to an aromatic ring is 1. The smallest absolute Gasteiger partial charge is 0.137 e. The summed E-state index contributed by atoms with van der Waals surface area (Å²) in [6, 6.07) is 0. The van der Waals surface area contributed by atoms with Crippen molar-refractivity contribution in [3.05, 3.63) is 11.4 Å². The molecular weight excluding hydrogens is 228 g/mol. The van der Waals surface area contributed by atoms with Gasteiger partial charge in [-0.25, -0.2) is 9.97 Å². The van der Waals surface area contributed by atoms with Crippen LogP contribution in [0.15, 0.2) is 0 Å². The van der Waals surface area contributed by atoms with E-state index < -0.39 is 0 Å². The number of aliphatic hydroxyl groups is 1. The Morgan fingerprint density at radius 3 is 2.72 bits per heavy atom. The Balaban J connectivity index is 1.90. The summed E-state index contributed by atoms with van der Waals surface area (Å²) in [5.41, 5.74) is 6.96. The van der Waals surface area contributed by atoms with E-state index in [0.29, 0.717) is 17.7 Å². The molecule has 5 nitrogen and oxygen atoms in total. The van der Waals surface area contributed by atoms with Crippen LogP contribution in [0.5, 0.6) is 0 Å². The molecule has 2 heterocycles. The summed E-state index contributed by atoms with van der Waals surface area (Å²) in [4.78, 5) is 11.3. The second kappa shape index (κ2) is 4.39. The maximum atomic E-state index is 9.22. The normalized spacial score (nSPS) is 23.7. The Morgan fingerprint density at radius 2 is 2.11 bits per heavy atom. The molecule has 2 fully saturated rings. The summed E-state index contributed by atoms with van der Waals surface area (Å²) in [6.07, 6.45) is 3.39. The quantitative estimate of drug-likeness (QED) is 0.836. The molecule has 1 aliphatic carbocycles. The van der Waals surface area contributed by atoms with Crippen molar-refractivity contribution < 1.29 is 5.11 Å². The zero-order valence-electron chi connectivity index (χ0n) is 10.8. The van der Waals surface area contributed by atoms with Gasteiger partial charge in [-0.05, 0) is 26.2 Å². The highest BCUT2D eigenvalue weighted by Gasteiger charge is 2.30. The largest absolute Gasteiger partial charge is 0.396 e. The van der Waals surface area contributed by atoms with Crippen LogP contribution in [-0.2, 0) is 0 Å². The average Bonchev–Trinajstić information content (AvgIpc) is 3.11. The molecule has 1 aliphatic heterocycles. The molecule has 3 N–H and O–H groups in total. The van der Waals surface area contributed by atoms with Gasteiger partial charge in [-0.15, -0.1) is 0 Å². The zero-order valence-corrected chi connectivity index (χ0v) is 10.8. The Bertz CT molecular complexity index is 459. The molecule has 1 aromatic rings. The summed E-state index contributed by atoms with van der Waals surface area (Å²) in [5, 5.41) is 9.22. The highest BCUT2D eigenvalue weighted by Crippen LogP contribution is 2.40. The summed E-state index contributed by atoms with van der Waals surface area (Å²) in [6.45, 7) is 4.06. The van der Waals surface area contributed by atoms with Crippen LogP contribution in [0.2, 0.25) is 0 Å². The minimum atomic E-state index is 0.256. The van der Waals surface area contributed by atoms with E-state index in [0.717, 1.165) is 36.7 Å². The van der Waals surface area contributed by atoms with E-state index in [-0.39, 0.29) is 6.61 Å². The van der Waals surface area contributed by atoms with Crippen molar-refractivity contribution in [3.63, 3.8) is 0 Å². The van der Waals surface area contributed by atoms with Crippen LogP contribution in [0, 0.1) is 12.8 Å². The van der Waals surface area contributed by atoms with Gasteiger partial charge in [0.15, 0.2) is 0 Å².